The number of rotatable bonds is 6. The molecule has 2 aliphatic heterocycles. The minimum atomic E-state index is 0.0357. The highest BCUT2D eigenvalue weighted by Crippen LogP contribution is 2.23. The van der Waals surface area contributed by atoms with E-state index in [1.165, 1.54) is 24.8 Å². The van der Waals surface area contributed by atoms with Crippen molar-refractivity contribution in [2.24, 2.45) is 5.92 Å². The van der Waals surface area contributed by atoms with E-state index in [9.17, 15) is 4.79 Å². The molecule has 5 nitrogen and oxygen atoms in total. The van der Waals surface area contributed by atoms with Gasteiger partial charge in [-0.2, -0.15) is 0 Å². The van der Waals surface area contributed by atoms with E-state index in [1.807, 2.05) is 17.0 Å². The number of carbonyl (C=O) groups is 1. The number of benzene rings is 1. The highest BCUT2D eigenvalue weighted by Gasteiger charge is 2.25. The van der Waals surface area contributed by atoms with E-state index < -0.39 is 0 Å². The molecule has 1 aromatic heterocycles. The van der Waals surface area contributed by atoms with Gasteiger partial charge in [-0.3, -0.25) is 9.69 Å². The van der Waals surface area contributed by atoms with Crippen molar-refractivity contribution >= 4 is 5.91 Å². The van der Waals surface area contributed by atoms with E-state index in [0.717, 1.165) is 64.0 Å². The molecule has 0 radical (unpaired) electrons. The first kappa shape index (κ1) is 20.2. The zero-order valence-corrected chi connectivity index (χ0v) is 17.6. The van der Waals surface area contributed by atoms with Crippen LogP contribution in [0.2, 0.25) is 0 Å². The molecule has 29 heavy (non-hydrogen) atoms. The van der Waals surface area contributed by atoms with Gasteiger partial charge in [0.25, 0.3) is 5.91 Å². The minimum Gasteiger partial charge on any atom is -0.455 e. The summed E-state index contributed by atoms with van der Waals surface area (Å²) in [5, 5.41) is 0. The van der Waals surface area contributed by atoms with Gasteiger partial charge in [-0.15, -0.1) is 0 Å². The number of piperidine rings is 1. The average Bonchev–Trinajstić information content (AvgIpc) is 3.24. The quantitative estimate of drug-likeness (QED) is 0.750. The molecular formula is C24H33N3O2. The van der Waals surface area contributed by atoms with E-state index in [-0.39, 0.29) is 5.91 Å². The van der Waals surface area contributed by atoms with E-state index in [2.05, 4.69) is 47.1 Å². The second-order valence-electron chi connectivity index (χ2n) is 8.40. The third-order valence-electron chi connectivity index (χ3n) is 6.43. The number of amides is 1. The van der Waals surface area contributed by atoms with Crippen molar-refractivity contribution in [3.05, 3.63) is 59.5 Å². The Morgan fingerprint density at radius 1 is 0.931 bits per heavy atom. The van der Waals surface area contributed by atoms with E-state index >= 15 is 0 Å². The molecule has 0 saturated carbocycles. The molecule has 0 spiro atoms. The number of likely N-dealkylation sites (N-methyl/N-ethyl adjacent to an activating group) is 1. The summed E-state index contributed by atoms with van der Waals surface area (Å²) in [5.74, 6) is 2.20. The van der Waals surface area contributed by atoms with E-state index in [0.29, 0.717) is 5.76 Å². The Labute approximate surface area is 174 Å². The van der Waals surface area contributed by atoms with Crippen molar-refractivity contribution in [2.75, 3.05) is 45.8 Å². The summed E-state index contributed by atoms with van der Waals surface area (Å²) in [6, 6.07) is 14.6. The molecule has 0 bridgehead atoms. The maximum Gasteiger partial charge on any atom is 0.289 e. The largest absolute Gasteiger partial charge is 0.455 e. The first-order valence-corrected chi connectivity index (χ1v) is 11.1. The number of hydrogen-bond acceptors (Lipinski definition) is 4. The summed E-state index contributed by atoms with van der Waals surface area (Å²) in [6.45, 7) is 9.70. The molecule has 3 heterocycles. The van der Waals surface area contributed by atoms with Gasteiger partial charge >= 0.3 is 0 Å². The third kappa shape index (κ3) is 5.28. The van der Waals surface area contributed by atoms with Crippen molar-refractivity contribution in [1.29, 1.82) is 0 Å². The molecule has 156 valence electrons. The zero-order chi connectivity index (χ0) is 20.1. The van der Waals surface area contributed by atoms with Crippen molar-refractivity contribution in [3.63, 3.8) is 0 Å². The van der Waals surface area contributed by atoms with Crippen LogP contribution in [0.15, 0.2) is 46.9 Å². The summed E-state index contributed by atoms with van der Waals surface area (Å²) >= 11 is 0. The predicted molar refractivity (Wildman–Crippen MR) is 115 cm³/mol. The van der Waals surface area contributed by atoms with Crippen LogP contribution < -0.4 is 0 Å². The third-order valence-corrected chi connectivity index (χ3v) is 6.43. The molecule has 0 unspecified atom stereocenters. The summed E-state index contributed by atoms with van der Waals surface area (Å²) in [6.07, 6.45) is 3.63. The van der Waals surface area contributed by atoms with Gasteiger partial charge in [-0.1, -0.05) is 37.3 Å². The maximum atomic E-state index is 12.7. The number of carbonyl (C=O) groups excluding carboxylic acids is 1. The van der Waals surface area contributed by atoms with E-state index in [4.69, 9.17) is 4.42 Å². The summed E-state index contributed by atoms with van der Waals surface area (Å²) in [7, 11) is 0. The van der Waals surface area contributed by atoms with Gasteiger partial charge in [0.2, 0.25) is 0 Å². The molecule has 2 aliphatic rings. The molecular weight excluding hydrogens is 362 g/mol. The van der Waals surface area contributed by atoms with Crippen molar-refractivity contribution < 1.29 is 9.21 Å². The Kier molecular flexibility index (Phi) is 6.67. The van der Waals surface area contributed by atoms with Crippen LogP contribution in [-0.4, -0.2) is 66.4 Å². The highest BCUT2D eigenvalue weighted by molar-refractivity contribution is 5.91. The number of likely N-dealkylation sites (tertiary alicyclic amines) is 1. The van der Waals surface area contributed by atoms with Crippen LogP contribution >= 0.6 is 0 Å². The second-order valence-corrected chi connectivity index (χ2v) is 8.40. The van der Waals surface area contributed by atoms with Crippen molar-refractivity contribution in [2.45, 2.75) is 32.7 Å². The van der Waals surface area contributed by atoms with Crippen molar-refractivity contribution in [1.82, 2.24) is 14.7 Å². The molecule has 2 saturated heterocycles. The fourth-order valence-electron chi connectivity index (χ4n) is 4.52. The fraction of sp³-hybridized carbons (Fsp3) is 0.542. The Hall–Kier alpha value is -2.11. The lowest BCUT2D eigenvalue weighted by molar-refractivity contribution is 0.0608. The van der Waals surface area contributed by atoms with Crippen LogP contribution in [0, 0.1) is 5.92 Å². The standard InChI is InChI=1S/C24H33N3O2/c1-2-25-14-16-27(17-15-25)24(28)23-9-8-22(29-23)19-26-12-10-21(11-13-26)18-20-6-4-3-5-7-20/h3-9,21H,2,10-19H2,1H3. The van der Waals surface area contributed by atoms with Crippen LogP contribution in [0.4, 0.5) is 0 Å². The first-order valence-electron chi connectivity index (χ1n) is 11.1. The van der Waals surface area contributed by atoms with Crippen molar-refractivity contribution in [3.8, 4) is 0 Å². The smallest absolute Gasteiger partial charge is 0.289 e. The number of nitrogens with zero attached hydrogens (tertiary/aromatic N) is 3. The van der Waals surface area contributed by atoms with Gasteiger partial charge in [0, 0.05) is 26.2 Å². The molecule has 0 N–H and O–H groups in total. The topological polar surface area (TPSA) is 39.9 Å². The summed E-state index contributed by atoms with van der Waals surface area (Å²) in [5.41, 5.74) is 1.44. The normalized spacial score (nSPS) is 19.6. The Balaban J connectivity index is 1.24. The molecule has 2 aromatic rings. The molecule has 1 amide bonds. The van der Waals surface area contributed by atoms with Gasteiger partial charge in [-0.25, -0.2) is 0 Å². The van der Waals surface area contributed by atoms with Gasteiger partial charge in [0.05, 0.1) is 6.54 Å². The van der Waals surface area contributed by atoms with Crippen LogP contribution in [0.3, 0.4) is 0 Å². The lowest BCUT2D eigenvalue weighted by Crippen LogP contribution is -2.48. The fourth-order valence-corrected chi connectivity index (χ4v) is 4.52. The Morgan fingerprint density at radius 2 is 1.66 bits per heavy atom. The van der Waals surface area contributed by atoms with E-state index in [1.54, 1.807) is 0 Å². The minimum absolute atomic E-state index is 0.0357. The number of hydrogen-bond donors (Lipinski definition) is 0. The van der Waals surface area contributed by atoms with Gasteiger partial charge in [0.1, 0.15) is 5.76 Å². The Morgan fingerprint density at radius 3 is 2.34 bits per heavy atom. The zero-order valence-electron chi connectivity index (χ0n) is 17.6. The average molecular weight is 396 g/mol. The number of furan rings is 1. The summed E-state index contributed by atoms with van der Waals surface area (Å²) in [4.78, 5) is 19.5. The summed E-state index contributed by atoms with van der Waals surface area (Å²) < 4.78 is 5.93. The van der Waals surface area contributed by atoms with Crippen LogP contribution in [0.25, 0.3) is 0 Å². The molecule has 0 atom stereocenters. The monoisotopic (exact) mass is 395 g/mol. The van der Waals surface area contributed by atoms with Gasteiger partial charge in [-0.05, 0) is 62.5 Å². The molecule has 1 aromatic carbocycles. The first-order chi connectivity index (χ1) is 14.2. The highest BCUT2D eigenvalue weighted by atomic mass is 16.4. The van der Waals surface area contributed by atoms with Crippen LogP contribution in [0.1, 0.15) is 41.6 Å². The van der Waals surface area contributed by atoms with Gasteiger partial charge < -0.3 is 14.2 Å². The van der Waals surface area contributed by atoms with Crippen LogP contribution in [-0.2, 0) is 13.0 Å². The molecule has 4 rings (SSSR count). The Bertz CT molecular complexity index is 772. The van der Waals surface area contributed by atoms with Crippen LogP contribution in [0.5, 0.6) is 0 Å². The molecule has 0 aliphatic carbocycles. The lowest BCUT2D eigenvalue weighted by Gasteiger charge is -2.33. The SMILES string of the molecule is CCN1CCN(C(=O)c2ccc(CN3CCC(Cc4ccccc4)CC3)o2)CC1. The number of piperazine rings is 1. The predicted octanol–water partition coefficient (Wildman–Crippen LogP) is 3.51. The molecule has 5 heteroatoms. The maximum absolute atomic E-state index is 12.7. The second kappa shape index (κ2) is 9.59. The van der Waals surface area contributed by atoms with Gasteiger partial charge in [0.15, 0.2) is 5.76 Å². The molecule has 2 fully saturated rings. The lowest BCUT2D eigenvalue weighted by atomic mass is 9.90.